The molecule has 1 aliphatic rings. The summed E-state index contributed by atoms with van der Waals surface area (Å²) in [6, 6.07) is 6.68. The Morgan fingerprint density at radius 3 is 2.68 bits per heavy atom. The van der Waals surface area contributed by atoms with Gasteiger partial charge in [-0.05, 0) is 31.5 Å². The number of aryl methyl sites for hydroxylation is 2. The van der Waals surface area contributed by atoms with E-state index in [1.807, 2.05) is 24.8 Å². The summed E-state index contributed by atoms with van der Waals surface area (Å²) >= 11 is 1.34. The Morgan fingerprint density at radius 1 is 1.28 bits per heavy atom. The van der Waals surface area contributed by atoms with Crippen molar-refractivity contribution in [2.45, 2.75) is 25.6 Å². The van der Waals surface area contributed by atoms with Gasteiger partial charge in [0.15, 0.2) is 0 Å². The van der Waals surface area contributed by atoms with Crippen LogP contribution in [0.2, 0.25) is 0 Å². The summed E-state index contributed by atoms with van der Waals surface area (Å²) in [6.07, 6.45) is 0. The molecule has 0 saturated carbocycles. The van der Waals surface area contributed by atoms with Crippen LogP contribution in [0.3, 0.4) is 0 Å². The number of oxazole rings is 1. The zero-order valence-electron chi connectivity index (χ0n) is 14.5. The van der Waals surface area contributed by atoms with Gasteiger partial charge in [-0.3, -0.25) is 9.69 Å². The second-order valence-corrected chi connectivity index (χ2v) is 7.12. The molecule has 1 amide bonds. The summed E-state index contributed by atoms with van der Waals surface area (Å²) in [5.74, 6) is 1.02. The first-order valence-corrected chi connectivity index (χ1v) is 9.31. The molecule has 1 aliphatic heterocycles. The van der Waals surface area contributed by atoms with Crippen molar-refractivity contribution >= 4 is 17.7 Å². The third-order valence-corrected chi connectivity index (χ3v) is 5.16. The van der Waals surface area contributed by atoms with Gasteiger partial charge in [-0.25, -0.2) is 9.37 Å². The van der Waals surface area contributed by atoms with Crippen molar-refractivity contribution in [1.29, 1.82) is 0 Å². The molecule has 25 heavy (non-hydrogen) atoms. The lowest BCUT2D eigenvalue weighted by Crippen LogP contribution is -2.48. The van der Waals surface area contributed by atoms with Crippen LogP contribution in [0.4, 0.5) is 4.39 Å². The number of aromatic nitrogens is 1. The number of thioether (sulfide) groups is 1. The zero-order valence-corrected chi connectivity index (χ0v) is 15.3. The number of hydrogen-bond acceptors (Lipinski definition) is 5. The fourth-order valence-corrected chi connectivity index (χ4v) is 3.58. The summed E-state index contributed by atoms with van der Waals surface area (Å²) in [5, 5.41) is 0.549. The molecular formula is C18H22FN3O2S. The van der Waals surface area contributed by atoms with Crippen LogP contribution in [0, 0.1) is 19.7 Å². The molecule has 2 heterocycles. The van der Waals surface area contributed by atoms with Gasteiger partial charge in [-0.2, -0.15) is 0 Å². The fraction of sp³-hybridized carbons (Fsp3) is 0.444. The highest BCUT2D eigenvalue weighted by atomic mass is 32.2. The van der Waals surface area contributed by atoms with Crippen LogP contribution in [0.15, 0.2) is 33.9 Å². The number of carbonyl (C=O) groups is 1. The Kier molecular flexibility index (Phi) is 5.75. The van der Waals surface area contributed by atoms with Crippen LogP contribution >= 0.6 is 11.8 Å². The first-order valence-electron chi connectivity index (χ1n) is 8.32. The summed E-state index contributed by atoms with van der Waals surface area (Å²) in [6.45, 7) is 7.45. The van der Waals surface area contributed by atoms with Gasteiger partial charge in [0, 0.05) is 32.7 Å². The number of halogens is 1. The lowest BCUT2D eigenvalue weighted by atomic mass is 10.2. The van der Waals surface area contributed by atoms with E-state index in [9.17, 15) is 9.18 Å². The molecule has 2 aromatic rings. The van der Waals surface area contributed by atoms with Crippen molar-refractivity contribution in [3.63, 3.8) is 0 Å². The summed E-state index contributed by atoms with van der Waals surface area (Å²) < 4.78 is 18.7. The van der Waals surface area contributed by atoms with Crippen LogP contribution in [-0.4, -0.2) is 52.6 Å². The number of nitrogens with zero attached hydrogens (tertiary/aromatic N) is 3. The Bertz CT molecular complexity index is 722. The van der Waals surface area contributed by atoms with E-state index in [2.05, 4.69) is 9.88 Å². The summed E-state index contributed by atoms with van der Waals surface area (Å²) in [5.41, 5.74) is 1.82. The Morgan fingerprint density at radius 2 is 2.04 bits per heavy atom. The molecule has 0 atom stereocenters. The van der Waals surface area contributed by atoms with Gasteiger partial charge in [0.1, 0.15) is 11.6 Å². The maximum atomic E-state index is 13.3. The van der Waals surface area contributed by atoms with E-state index in [4.69, 9.17) is 4.42 Å². The minimum Gasteiger partial charge on any atom is -0.437 e. The molecule has 134 valence electrons. The molecule has 0 radical (unpaired) electrons. The third-order valence-electron chi connectivity index (χ3n) is 4.35. The molecule has 0 aliphatic carbocycles. The minimum atomic E-state index is -0.208. The first-order chi connectivity index (χ1) is 12.0. The van der Waals surface area contributed by atoms with E-state index in [-0.39, 0.29) is 11.7 Å². The van der Waals surface area contributed by atoms with Gasteiger partial charge in [0.2, 0.25) is 5.91 Å². The van der Waals surface area contributed by atoms with Gasteiger partial charge in [-0.15, -0.1) is 0 Å². The predicted octanol–water partition coefficient (Wildman–Crippen LogP) is 2.87. The molecule has 3 rings (SSSR count). The SMILES string of the molecule is Cc1nc(SCC(=O)N2CCN(Cc3cccc(F)c3)CC2)oc1C. The lowest BCUT2D eigenvalue weighted by molar-refractivity contribution is -0.130. The van der Waals surface area contributed by atoms with Gasteiger partial charge in [0.05, 0.1) is 11.4 Å². The van der Waals surface area contributed by atoms with Gasteiger partial charge < -0.3 is 9.32 Å². The molecule has 0 unspecified atom stereocenters. The number of piperazine rings is 1. The predicted molar refractivity (Wildman–Crippen MR) is 95.0 cm³/mol. The van der Waals surface area contributed by atoms with E-state index in [0.717, 1.165) is 30.1 Å². The zero-order chi connectivity index (χ0) is 17.8. The fourth-order valence-electron chi connectivity index (χ4n) is 2.77. The Balaban J connectivity index is 1.44. The third kappa shape index (κ3) is 4.83. The highest BCUT2D eigenvalue weighted by Gasteiger charge is 2.22. The normalized spacial score (nSPS) is 15.6. The van der Waals surface area contributed by atoms with E-state index in [1.54, 1.807) is 12.1 Å². The Hall–Kier alpha value is -1.86. The van der Waals surface area contributed by atoms with Crippen LogP contribution in [0.5, 0.6) is 0 Å². The van der Waals surface area contributed by atoms with Gasteiger partial charge in [0.25, 0.3) is 5.22 Å². The average molecular weight is 363 g/mol. The second kappa shape index (κ2) is 8.01. The standard InChI is InChI=1S/C18H22FN3O2S/c1-13-14(2)24-18(20-13)25-12-17(23)22-8-6-21(7-9-22)11-15-4-3-5-16(19)10-15/h3-5,10H,6-9,11-12H2,1-2H3. The molecule has 0 bridgehead atoms. The molecule has 7 heteroatoms. The number of benzene rings is 1. The van der Waals surface area contributed by atoms with Crippen molar-refractivity contribution in [2.75, 3.05) is 31.9 Å². The van der Waals surface area contributed by atoms with E-state index in [1.165, 1.54) is 17.8 Å². The molecule has 1 aromatic heterocycles. The maximum Gasteiger partial charge on any atom is 0.256 e. The smallest absolute Gasteiger partial charge is 0.256 e. The minimum absolute atomic E-state index is 0.101. The van der Waals surface area contributed by atoms with Crippen LogP contribution in [0.1, 0.15) is 17.0 Å². The van der Waals surface area contributed by atoms with Crippen LogP contribution in [0.25, 0.3) is 0 Å². The van der Waals surface area contributed by atoms with Crippen molar-refractivity contribution in [3.05, 3.63) is 47.1 Å². The number of rotatable bonds is 5. The van der Waals surface area contributed by atoms with E-state index in [0.29, 0.717) is 30.6 Å². The number of hydrogen-bond donors (Lipinski definition) is 0. The maximum absolute atomic E-state index is 13.3. The van der Waals surface area contributed by atoms with Crippen molar-refractivity contribution in [1.82, 2.24) is 14.8 Å². The number of amides is 1. The molecule has 0 N–H and O–H groups in total. The summed E-state index contributed by atoms with van der Waals surface area (Å²) in [7, 11) is 0. The quantitative estimate of drug-likeness (QED) is 0.765. The van der Waals surface area contributed by atoms with Crippen molar-refractivity contribution in [2.24, 2.45) is 0 Å². The Labute approximate surface area is 151 Å². The highest BCUT2D eigenvalue weighted by molar-refractivity contribution is 7.99. The monoisotopic (exact) mass is 363 g/mol. The molecule has 1 fully saturated rings. The molecule has 0 spiro atoms. The van der Waals surface area contributed by atoms with Crippen LogP contribution in [-0.2, 0) is 11.3 Å². The summed E-state index contributed by atoms with van der Waals surface area (Å²) in [4.78, 5) is 20.7. The van der Waals surface area contributed by atoms with E-state index >= 15 is 0 Å². The van der Waals surface area contributed by atoms with Crippen molar-refractivity contribution in [3.8, 4) is 0 Å². The van der Waals surface area contributed by atoms with Crippen LogP contribution < -0.4 is 0 Å². The average Bonchev–Trinajstić information content (AvgIpc) is 2.91. The number of carbonyl (C=O) groups excluding carboxylic acids is 1. The van der Waals surface area contributed by atoms with Gasteiger partial charge >= 0.3 is 0 Å². The highest BCUT2D eigenvalue weighted by Crippen LogP contribution is 2.21. The second-order valence-electron chi connectivity index (χ2n) is 6.20. The first kappa shape index (κ1) is 17.9. The molecule has 5 nitrogen and oxygen atoms in total. The van der Waals surface area contributed by atoms with Gasteiger partial charge in [-0.1, -0.05) is 23.9 Å². The molecular weight excluding hydrogens is 341 g/mol. The lowest BCUT2D eigenvalue weighted by Gasteiger charge is -2.34. The molecule has 1 saturated heterocycles. The molecule has 1 aromatic carbocycles. The van der Waals surface area contributed by atoms with E-state index < -0.39 is 0 Å². The largest absolute Gasteiger partial charge is 0.437 e. The topological polar surface area (TPSA) is 49.6 Å². The van der Waals surface area contributed by atoms with Crippen molar-refractivity contribution < 1.29 is 13.6 Å².